The molecule has 2 aromatic heterocycles. The van der Waals surface area contributed by atoms with Crippen LogP contribution in [0.3, 0.4) is 0 Å². The van der Waals surface area contributed by atoms with Crippen LogP contribution in [0.25, 0.3) is 11.0 Å². The van der Waals surface area contributed by atoms with Gasteiger partial charge in [-0.05, 0) is 31.4 Å². The number of hydrogen-bond acceptors (Lipinski definition) is 6. The number of benzene rings is 1. The molecule has 134 valence electrons. The molecule has 3 aromatic rings. The van der Waals surface area contributed by atoms with Gasteiger partial charge in [0.05, 0.1) is 17.1 Å². The molecule has 0 fully saturated rings. The highest BCUT2D eigenvalue weighted by Gasteiger charge is 2.15. The summed E-state index contributed by atoms with van der Waals surface area (Å²) in [5, 5.41) is 16.8. The normalized spacial score (nSPS) is 12.8. The van der Waals surface area contributed by atoms with Crippen LogP contribution in [-0.4, -0.2) is 37.4 Å². The highest BCUT2D eigenvalue weighted by Crippen LogP contribution is 2.21. The molecule has 1 aromatic carbocycles. The fourth-order valence-electron chi connectivity index (χ4n) is 2.62. The highest BCUT2D eigenvalue weighted by molar-refractivity contribution is 5.78. The second kappa shape index (κ2) is 7.65. The lowest BCUT2D eigenvalue weighted by atomic mass is 10.1. The maximum absolute atomic E-state index is 9.54. The summed E-state index contributed by atoms with van der Waals surface area (Å²) < 4.78 is 7.41. The molecule has 0 bridgehead atoms. The molecule has 1 unspecified atom stereocenters. The summed E-state index contributed by atoms with van der Waals surface area (Å²) in [7, 11) is 0. The Labute approximate surface area is 147 Å². The summed E-state index contributed by atoms with van der Waals surface area (Å²) in [5.74, 6) is 2.59. The van der Waals surface area contributed by atoms with Crippen LogP contribution in [0.2, 0.25) is 0 Å². The van der Waals surface area contributed by atoms with Gasteiger partial charge >= 0.3 is 0 Å². The van der Waals surface area contributed by atoms with Gasteiger partial charge in [-0.2, -0.15) is 4.98 Å². The third kappa shape index (κ3) is 4.36. The van der Waals surface area contributed by atoms with Crippen molar-refractivity contribution in [2.45, 2.75) is 46.3 Å². The predicted molar refractivity (Wildman–Crippen MR) is 96.5 cm³/mol. The molecule has 2 N–H and O–H groups in total. The van der Waals surface area contributed by atoms with E-state index in [9.17, 15) is 5.11 Å². The fourth-order valence-corrected chi connectivity index (χ4v) is 2.62. The Balaban J connectivity index is 1.83. The van der Waals surface area contributed by atoms with Gasteiger partial charge in [0, 0.05) is 13.0 Å². The van der Waals surface area contributed by atoms with Crippen LogP contribution in [0.4, 0.5) is 5.95 Å². The summed E-state index contributed by atoms with van der Waals surface area (Å²) in [6, 6.07) is 7.89. The minimum absolute atomic E-state index is 0.423. The number of aryl methyl sites for hydroxylation is 1. The van der Waals surface area contributed by atoms with Crippen molar-refractivity contribution in [3.8, 4) is 0 Å². The van der Waals surface area contributed by atoms with Gasteiger partial charge in [-0.3, -0.25) is 0 Å². The Kier molecular flexibility index (Phi) is 5.33. The minimum Gasteiger partial charge on any atom is -0.392 e. The lowest BCUT2D eigenvalue weighted by Crippen LogP contribution is -2.18. The highest BCUT2D eigenvalue weighted by atomic mass is 16.5. The second-order valence-corrected chi connectivity index (χ2v) is 6.78. The van der Waals surface area contributed by atoms with E-state index >= 15 is 0 Å². The topological polar surface area (TPSA) is 89.0 Å². The van der Waals surface area contributed by atoms with E-state index in [0.29, 0.717) is 30.8 Å². The first kappa shape index (κ1) is 17.4. The van der Waals surface area contributed by atoms with E-state index in [4.69, 9.17) is 4.52 Å². The fraction of sp³-hybridized carbons (Fsp3) is 0.500. The number of nitrogens with one attached hydrogen (secondary N) is 1. The van der Waals surface area contributed by atoms with Crippen molar-refractivity contribution < 1.29 is 9.63 Å². The minimum atomic E-state index is -0.459. The standard InChI is InChI=1S/C18H25N5O2/c1-12(2)8-9-16-21-17(25-22-16)11-23-15-7-5-4-6-14(15)20-18(23)19-10-13(3)24/h4-7,12-13,24H,8-11H2,1-3H3,(H,19,20). The molecular formula is C18H25N5O2. The smallest absolute Gasteiger partial charge is 0.246 e. The maximum atomic E-state index is 9.54. The Hall–Kier alpha value is -2.41. The van der Waals surface area contributed by atoms with Crippen LogP contribution in [0.15, 0.2) is 28.8 Å². The summed E-state index contributed by atoms with van der Waals surface area (Å²) >= 11 is 0. The lowest BCUT2D eigenvalue weighted by molar-refractivity contribution is 0.208. The second-order valence-electron chi connectivity index (χ2n) is 6.78. The molecule has 3 rings (SSSR count). The first-order valence-corrected chi connectivity index (χ1v) is 8.71. The van der Waals surface area contributed by atoms with Crippen molar-refractivity contribution in [1.82, 2.24) is 19.7 Å². The van der Waals surface area contributed by atoms with Gasteiger partial charge in [0.2, 0.25) is 11.8 Å². The van der Waals surface area contributed by atoms with Crippen molar-refractivity contribution in [3.63, 3.8) is 0 Å². The number of aliphatic hydroxyl groups excluding tert-OH is 1. The maximum Gasteiger partial charge on any atom is 0.246 e. The summed E-state index contributed by atoms with van der Waals surface area (Å²) in [6.45, 7) is 6.96. The van der Waals surface area contributed by atoms with Gasteiger partial charge in [0.1, 0.15) is 6.54 Å². The zero-order valence-corrected chi connectivity index (χ0v) is 14.9. The van der Waals surface area contributed by atoms with Gasteiger partial charge in [0.25, 0.3) is 0 Å². The van der Waals surface area contributed by atoms with E-state index in [0.717, 1.165) is 29.7 Å². The number of hydrogen-bond donors (Lipinski definition) is 2. The summed E-state index contributed by atoms with van der Waals surface area (Å²) in [6.07, 6.45) is 1.40. The van der Waals surface area contributed by atoms with E-state index in [-0.39, 0.29) is 0 Å². The first-order chi connectivity index (χ1) is 12.0. The predicted octanol–water partition coefficient (Wildman–Crippen LogP) is 2.85. The van der Waals surface area contributed by atoms with Crippen LogP contribution in [0.5, 0.6) is 0 Å². The molecule has 0 saturated heterocycles. The zero-order chi connectivity index (χ0) is 17.8. The van der Waals surface area contributed by atoms with Gasteiger partial charge in [-0.1, -0.05) is 31.1 Å². The quantitative estimate of drug-likeness (QED) is 0.654. The molecule has 0 radical (unpaired) electrons. The van der Waals surface area contributed by atoms with Crippen LogP contribution in [0.1, 0.15) is 38.9 Å². The van der Waals surface area contributed by atoms with E-state index < -0.39 is 6.10 Å². The number of anilines is 1. The van der Waals surface area contributed by atoms with Crippen LogP contribution < -0.4 is 5.32 Å². The number of nitrogens with zero attached hydrogens (tertiary/aromatic N) is 4. The van der Waals surface area contributed by atoms with Crippen molar-refractivity contribution in [1.29, 1.82) is 0 Å². The number of fused-ring (bicyclic) bond motifs is 1. The van der Waals surface area contributed by atoms with Crippen molar-refractivity contribution in [2.75, 3.05) is 11.9 Å². The molecule has 0 aliphatic heterocycles. The number of aliphatic hydroxyl groups is 1. The number of para-hydroxylation sites is 2. The number of imidazole rings is 1. The largest absolute Gasteiger partial charge is 0.392 e. The van der Waals surface area contributed by atoms with Gasteiger partial charge in [-0.25, -0.2) is 4.98 Å². The molecule has 0 aliphatic rings. The van der Waals surface area contributed by atoms with Gasteiger partial charge in [0.15, 0.2) is 5.82 Å². The molecular weight excluding hydrogens is 318 g/mol. The molecule has 0 amide bonds. The monoisotopic (exact) mass is 343 g/mol. The molecule has 0 aliphatic carbocycles. The SMILES string of the molecule is CC(C)CCc1noc(Cn2c(NCC(C)O)nc3ccccc32)n1. The molecule has 2 heterocycles. The number of aromatic nitrogens is 4. The third-order valence-electron chi connectivity index (χ3n) is 3.96. The van der Waals surface area contributed by atoms with Crippen LogP contribution >= 0.6 is 0 Å². The summed E-state index contributed by atoms with van der Waals surface area (Å²) in [5.41, 5.74) is 1.87. The van der Waals surface area contributed by atoms with Crippen LogP contribution in [-0.2, 0) is 13.0 Å². The Morgan fingerprint density at radius 3 is 2.76 bits per heavy atom. The average molecular weight is 343 g/mol. The van der Waals surface area contributed by atoms with Gasteiger partial charge in [-0.15, -0.1) is 0 Å². The summed E-state index contributed by atoms with van der Waals surface area (Å²) in [4.78, 5) is 9.09. The Morgan fingerprint density at radius 1 is 1.20 bits per heavy atom. The molecule has 1 atom stereocenters. The average Bonchev–Trinajstić information content (AvgIpc) is 3.16. The molecule has 0 saturated carbocycles. The van der Waals surface area contributed by atoms with Crippen molar-refractivity contribution in [3.05, 3.63) is 36.0 Å². The van der Waals surface area contributed by atoms with Crippen molar-refractivity contribution >= 4 is 17.0 Å². The van der Waals surface area contributed by atoms with E-state index in [1.807, 2.05) is 28.8 Å². The molecule has 7 heteroatoms. The molecule has 0 spiro atoms. The first-order valence-electron chi connectivity index (χ1n) is 8.71. The Bertz CT molecular complexity index is 822. The van der Waals surface area contributed by atoms with E-state index in [2.05, 4.69) is 34.3 Å². The third-order valence-corrected chi connectivity index (χ3v) is 3.96. The zero-order valence-electron chi connectivity index (χ0n) is 14.9. The molecule has 7 nitrogen and oxygen atoms in total. The Morgan fingerprint density at radius 2 is 2.00 bits per heavy atom. The van der Waals surface area contributed by atoms with E-state index in [1.165, 1.54) is 0 Å². The van der Waals surface area contributed by atoms with E-state index in [1.54, 1.807) is 6.92 Å². The lowest BCUT2D eigenvalue weighted by Gasteiger charge is -2.10. The van der Waals surface area contributed by atoms with Crippen LogP contribution in [0, 0.1) is 5.92 Å². The molecule has 25 heavy (non-hydrogen) atoms. The van der Waals surface area contributed by atoms with Crippen molar-refractivity contribution in [2.24, 2.45) is 5.92 Å². The number of rotatable bonds is 8. The van der Waals surface area contributed by atoms with Gasteiger partial charge < -0.3 is 19.5 Å².